The molecule has 3 nitrogen and oxygen atoms in total. The molecule has 0 bridgehead atoms. The Kier molecular flexibility index (Phi) is 5.30. The summed E-state index contributed by atoms with van der Waals surface area (Å²) in [5.74, 6) is 0.682. The van der Waals surface area contributed by atoms with E-state index in [4.69, 9.17) is 0 Å². The molecule has 1 N–H and O–H groups in total. The van der Waals surface area contributed by atoms with Crippen molar-refractivity contribution in [3.63, 3.8) is 0 Å². The van der Waals surface area contributed by atoms with E-state index in [1.54, 1.807) is 0 Å². The molecule has 1 heterocycles. The van der Waals surface area contributed by atoms with Crippen LogP contribution in [0.1, 0.15) is 69.4 Å². The summed E-state index contributed by atoms with van der Waals surface area (Å²) in [5, 5.41) is 3.19. The molecule has 0 spiro atoms. The Bertz CT molecular complexity index is 461. The van der Waals surface area contributed by atoms with Crippen LogP contribution in [0.25, 0.3) is 0 Å². The molecule has 20 heavy (non-hydrogen) atoms. The van der Waals surface area contributed by atoms with Gasteiger partial charge in [-0.25, -0.2) is 0 Å². The predicted molar refractivity (Wildman–Crippen MR) is 86.0 cm³/mol. The van der Waals surface area contributed by atoms with E-state index in [-0.39, 0.29) is 18.0 Å². The zero-order valence-electron chi connectivity index (χ0n) is 12.7. The minimum atomic E-state index is 0.0440. The second kappa shape index (κ2) is 6.79. The van der Waals surface area contributed by atoms with Crippen molar-refractivity contribution in [3.8, 4) is 0 Å². The maximum Gasteiger partial charge on any atom is 0.268 e. The number of carbonyl (C=O) groups excluding carboxylic acids is 1. The second-order valence-electron chi connectivity index (χ2n) is 6.20. The van der Waals surface area contributed by atoms with Gasteiger partial charge in [-0.3, -0.25) is 4.79 Å². The normalized spacial score (nSPS) is 18.2. The van der Waals surface area contributed by atoms with E-state index < -0.39 is 0 Å². The van der Waals surface area contributed by atoms with Crippen molar-refractivity contribution < 1.29 is 4.79 Å². The lowest BCUT2D eigenvalue weighted by atomic mass is 9.84. The van der Waals surface area contributed by atoms with Crippen LogP contribution >= 0.6 is 15.9 Å². The monoisotopic (exact) mass is 340 g/mol. The van der Waals surface area contributed by atoms with Crippen LogP contribution in [-0.2, 0) is 0 Å². The zero-order chi connectivity index (χ0) is 14.7. The van der Waals surface area contributed by atoms with Crippen LogP contribution < -0.4 is 5.32 Å². The summed E-state index contributed by atoms with van der Waals surface area (Å²) in [5.41, 5.74) is 0.745. The smallest absolute Gasteiger partial charge is 0.268 e. The number of nitrogens with one attached hydrogen (secondary N) is 1. The third-order valence-corrected chi connectivity index (χ3v) is 4.75. The van der Waals surface area contributed by atoms with Gasteiger partial charge in [0.05, 0.1) is 0 Å². The van der Waals surface area contributed by atoms with E-state index in [1.165, 1.54) is 32.1 Å². The largest absolute Gasteiger partial charge is 0.348 e. The quantitative estimate of drug-likeness (QED) is 0.858. The minimum Gasteiger partial charge on any atom is -0.348 e. The van der Waals surface area contributed by atoms with Gasteiger partial charge in [-0.15, -0.1) is 0 Å². The maximum absolute atomic E-state index is 12.5. The maximum atomic E-state index is 12.5. The predicted octanol–water partition coefficient (Wildman–Crippen LogP) is 4.53. The third-order valence-electron chi connectivity index (χ3n) is 4.32. The summed E-state index contributed by atoms with van der Waals surface area (Å²) in [6.45, 7) is 6.33. The molecular formula is C16H25BrN2O. The number of amides is 1. The fraction of sp³-hybridized carbons (Fsp3) is 0.688. The summed E-state index contributed by atoms with van der Waals surface area (Å²) < 4.78 is 2.98. The number of nitrogens with zero attached hydrogens (tertiary/aromatic N) is 1. The fourth-order valence-electron chi connectivity index (χ4n) is 3.09. The van der Waals surface area contributed by atoms with Crippen molar-refractivity contribution in [1.29, 1.82) is 0 Å². The Morgan fingerprint density at radius 2 is 1.95 bits per heavy atom. The third kappa shape index (κ3) is 3.66. The summed E-state index contributed by atoms with van der Waals surface area (Å²) in [4.78, 5) is 12.5. The summed E-state index contributed by atoms with van der Waals surface area (Å²) in [7, 11) is 0. The van der Waals surface area contributed by atoms with E-state index >= 15 is 0 Å². The molecule has 1 fully saturated rings. The molecule has 1 amide bonds. The van der Waals surface area contributed by atoms with Crippen LogP contribution in [0.2, 0.25) is 0 Å². The molecule has 0 radical (unpaired) electrons. The molecule has 1 aliphatic carbocycles. The van der Waals surface area contributed by atoms with E-state index in [2.05, 4.69) is 42.0 Å². The van der Waals surface area contributed by atoms with Crippen molar-refractivity contribution in [2.45, 2.75) is 65.0 Å². The average Bonchev–Trinajstić information content (AvgIpc) is 2.82. The van der Waals surface area contributed by atoms with Gasteiger partial charge in [-0.05, 0) is 61.5 Å². The highest BCUT2D eigenvalue weighted by Gasteiger charge is 2.23. The standard InChI is InChI=1S/C16H25BrN2O/c1-11(2)19-10-14(17)9-15(19)16(20)18-12(3)13-7-5-4-6-8-13/h9-13H,4-8H2,1-3H3,(H,18,20). The number of halogens is 1. The van der Waals surface area contributed by atoms with Gasteiger partial charge in [0.15, 0.2) is 0 Å². The first-order valence-corrected chi connectivity index (χ1v) is 8.46. The highest BCUT2D eigenvalue weighted by Crippen LogP contribution is 2.27. The molecule has 1 saturated carbocycles. The SMILES string of the molecule is CC(NC(=O)c1cc(Br)cn1C(C)C)C1CCCCC1. The first-order chi connectivity index (χ1) is 9.49. The van der Waals surface area contributed by atoms with E-state index in [0.29, 0.717) is 5.92 Å². The van der Waals surface area contributed by atoms with Crippen LogP contribution in [0.15, 0.2) is 16.7 Å². The van der Waals surface area contributed by atoms with Crippen LogP contribution in [-0.4, -0.2) is 16.5 Å². The molecule has 4 heteroatoms. The molecular weight excluding hydrogens is 316 g/mol. The van der Waals surface area contributed by atoms with Crippen LogP contribution in [0.3, 0.4) is 0 Å². The summed E-state index contributed by atoms with van der Waals surface area (Å²) in [6, 6.07) is 2.45. The molecule has 0 aromatic carbocycles. The first-order valence-electron chi connectivity index (χ1n) is 7.67. The molecule has 1 aliphatic rings. The van der Waals surface area contributed by atoms with Gasteiger partial charge < -0.3 is 9.88 Å². The van der Waals surface area contributed by atoms with Gasteiger partial charge in [-0.1, -0.05) is 19.3 Å². The van der Waals surface area contributed by atoms with Crippen molar-refractivity contribution in [1.82, 2.24) is 9.88 Å². The summed E-state index contributed by atoms with van der Waals surface area (Å²) in [6.07, 6.45) is 8.43. The number of hydrogen-bond acceptors (Lipinski definition) is 1. The topological polar surface area (TPSA) is 34.0 Å². The van der Waals surface area contributed by atoms with E-state index in [9.17, 15) is 4.79 Å². The van der Waals surface area contributed by atoms with Crippen molar-refractivity contribution in [2.24, 2.45) is 5.92 Å². The van der Waals surface area contributed by atoms with E-state index in [1.807, 2.05) is 16.8 Å². The summed E-state index contributed by atoms with van der Waals surface area (Å²) >= 11 is 3.46. The minimum absolute atomic E-state index is 0.0440. The lowest BCUT2D eigenvalue weighted by Crippen LogP contribution is -2.39. The Hall–Kier alpha value is -0.770. The molecule has 0 saturated heterocycles. The van der Waals surface area contributed by atoms with Crippen LogP contribution in [0, 0.1) is 5.92 Å². The fourth-order valence-corrected chi connectivity index (χ4v) is 3.53. The highest BCUT2D eigenvalue weighted by molar-refractivity contribution is 9.10. The molecule has 1 unspecified atom stereocenters. The van der Waals surface area contributed by atoms with Gasteiger partial charge in [0, 0.05) is 22.8 Å². The Morgan fingerprint density at radius 1 is 1.30 bits per heavy atom. The molecule has 1 aromatic rings. The number of aromatic nitrogens is 1. The van der Waals surface area contributed by atoms with Crippen LogP contribution in [0.5, 0.6) is 0 Å². The second-order valence-corrected chi connectivity index (χ2v) is 7.12. The van der Waals surface area contributed by atoms with Crippen molar-refractivity contribution in [3.05, 3.63) is 22.4 Å². The van der Waals surface area contributed by atoms with Gasteiger partial charge in [-0.2, -0.15) is 0 Å². The molecule has 2 rings (SSSR count). The Morgan fingerprint density at radius 3 is 2.55 bits per heavy atom. The average molecular weight is 341 g/mol. The molecule has 1 aromatic heterocycles. The first kappa shape index (κ1) is 15.6. The number of rotatable bonds is 4. The Labute approximate surface area is 130 Å². The van der Waals surface area contributed by atoms with Crippen LogP contribution in [0.4, 0.5) is 0 Å². The van der Waals surface area contributed by atoms with Crippen molar-refractivity contribution in [2.75, 3.05) is 0 Å². The van der Waals surface area contributed by atoms with Gasteiger partial charge in [0.25, 0.3) is 5.91 Å². The van der Waals surface area contributed by atoms with Crippen molar-refractivity contribution >= 4 is 21.8 Å². The number of carbonyl (C=O) groups is 1. The molecule has 1 atom stereocenters. The molecule has 112 valence electrons. The van der Waals surface area contributed by atoms with Gasteiger partial charge in [0.1, 0.15) is 5.69 Å². The van der Waals surface area contributed by atoms with Gasteiger partial charge >= 0.3 is 0 Å². The lowest BCUT2D eigenvalue weighted by Gasteiger charge is -2.28. The zero-order valence-corrected chi connectivity index (χ0v) is 14.2. The van der Waals surface area contributed by atoms with Gasteiger partial charge in [0.2, 0.25) is 0 Å². The van der Waals surface area contributed by atoms with E-state index in [0.717, 1.165) is 10.2 Å². The lowest BCUT2D eigenvalue weighted by molar-refractivity contribution is 0.0908. The Balaban J connectivity index is 2.04. The molecule has 0 aliphatic heterocycles. The highest BCUT2D eigenvalue weighted by atomic mass is 79.9. The number of hydrogen-bond donors (Lipinski definition) is 1.